The van der Waals surface area contributed by atoms with Crippen LogP contribution in [0.2, 0.25) is 0 Å². The smallest absolute Gasteiger partial charge is 0.862 e. The van der Waals surface area contributed by atoms with Crippen molar-refractivity contribution in [1.29, 1.82) is 0 Å². The van der Waals surface area contributed by atoms with Crippen molar-refractivity contribution in [1.82, 2.24) is 5.32 Å². The van der Waals surface area contributed by atoms with Gasteiger partial charge in [-0.1, -0.05) is 141 Å². The molecule has 0 unspecified atom stereocenters. The molecular weight excluding hydrogens is 741 g/mol. The number of hydrogen-bond donors (Lipinski definition) is 2. The molecule has 53 heavy (non-hydrogen) atoms. The number of aliphatic imine (C=N–C) groups is 1. The summed E-state index contributed by atoms with van der Waals surface area (Å²) in [4.78, 5) is 15.1. The van der Waals surface area contributed by atoms with Crippen molar-refractivity contribution >= 4 is 69.8 Å². The minimum absolute atomic E-state index is 0. The summed E-state index contributed by atoms with van der Waals surface area (Å²) in [5.41, 5.74) is 0. The third-order valence-electron chi connectivity index (χ3n) is 8.63. The van der Waals surface area contributed by atoms with E-state index in [1.54, 1.807) is 0 Å². The Labute approximate surface area is 355 Å². The van der Waals surface area contributed by atoms with Gasteiger partial charge in [0, 0.05) is 13.0 Å². The van der Waals surface area contributed by atoms with E-state index < -0.39 is 31.7 Å². The maximum absolute atomic E-state index is 11.5. The first kappa shape index (κ1) is 56.8. The van der Waals surface area contributed by atoms with E-state index in [4.69, 9.17) is 4.55 Å². The van der Waals surface area contributed by atoms with Crippen molar-refractivity contribution < 1.29 is 35.8 Å². The molecule has 0 saturated carbocycles. The summed E-state index contributed by atoms with van der Waals surface area (Å²) in [7, 11) is -8.26. The van der Waals surface area contributed by atoms with Gasteiger partial charge in [0.1, 0.15) is 0 Å². The van der Waals surface area contributed by atoms with Crippen LogP contribution in [0.4, 0.5) is 0 Å². The number of carbonyl (C=O) groups excluding carboxylic acids is 1. The quantitative estimate of drug-likeness (QED) is 0.0157. The average Bonchev–Trinajstić information content (AvgIpc) is 3.07. The molecule has 0 atom stereocenters. The minimum atomic E-state index is -4.27. The Bertz CT molecular complexity index is 1110. The van der Waals surface area contributed by atoms with Crippen molar-refractivity contribution in [2.24, 2.45) is 4.99 Å². The van der Waals surface area contributed by atoms with Crippen LogP contribution in [0.1, 0.15) is 194 Å². The van der Waals surface area contributed by atoms with E-state index in [1.165, 1.54) is 116 Å². The molecule has 0 aromatic heterocycles. The van der Waals surface area contributed by atoms with Crippen LogP contribution in [-0.2, 0) is 25.0 Å². The summed E-state index contributed by atoms with van der Waals surface area (Å²) in [5.74, 6) is -1.46. The van der Waals surface area contributed by atoms with Crippen LogP contribution in [0.3, 0.4) is 0 Å². The molecule has 1 amide bonds. The molecule has 308 valence electrons. The Morgan fingerprint density at radius 2 is 0.943 bits per heavy atom. The van der Waals surface area contributed by atoms with Crippen LogP contribution in [0, 0.1) is 0 Å². The summed E-state index contributed by atoms with van der Waals surface area (Å²) in [6, 6.07) is 0. The molecule has 0 fully saturated rings. The molecular formula is C40H76CaN2O8S2. The molecule has 0 aliphatic carbocycles. The Morgan fingerprint density at radius 3 is 1.32 bits per heavy atom. The van der Waals surface area contributed by atoms with Crippen molar-refractivity contribution in [2.75, 3.05) is 24.6 Å². The van der Waals surface area contributed by atoms with E-state index in [9.17, 15) is 31.3 Å². The zero-order valence-corrected chi connectivity index (χ0v) is 37.6. The van der Waals surface area contributed by atoms with Crippen molar-refractivity contribution in [3.05, 3.63) is 24.3 Å². The number of rotatable bonds is 36. The van der Waals surface area contributed by atoms with Gasteiger partial charge in [0.2, 0.25) is 5.91 Å². The fraction of sp³-hybridized carbons (Fsp3) is 0.850. The van der Waals surface area contributed by atoms with Crippen molar-refractivity contribution in [3.63, 3.8) is 0 Å². The second-order valence-electron chi connectivity index (χ2n) is 13.8. The maximum atomic E-state index is 11.5. The van der Waals surface area contributed by atoms with Crippen LogP contribution in [0.15, 0.2) is 29.3 Å². The van der Waals surface area contributed by atoms with E-state index in [-0.39, 0.29) is 62.6 Å². The van der Waals surface area contributed by atoms with Crippen LogP contribution in [-0.4, -0.2) is 100 Å². The van der Waals surface area contributed by atoms with Crippen LogP contribution in [0.5, 0.6) is 0 Å². The number of hydrogen-bond acceptors (Lipinski definition) is 8. The zero-order valence-electron chi connectivity index (χ0n) is 33.7. The predicted octanol–water partition coefficient (Wildman–Crippen LogP) is 8.98. The number of amides is 1. The first-order valence-electron chi connectivity index (χ1n) is 20.6. The number of nitrogens with zero attached hydrogens (tertiary/aromatic N) is 1. The number of carbonyl (C=O) groups is 1. The third-order valence-corrected chi connectivity index (χ3v) is 10.0. The molecule has 0 spiro atoms. The first-order chi connectivity index (χ1) is 24.9. The molecule has 0 saturated heterocycles. The molecule has 13 heteroatoms. The van der Waals surface area contributed by atoms with Crippen LogP contribution < -0.4 is 10.4 Å². The number of allylic oxidation sites excluding steroid dienone is 4. The average molecular weight is 817 g/mol. The van der Waals surface area contributed by atoms with E-state index in [0.29, 0.717) is 12.8 Å². The maximum Gasteiger partial charge on any atom is 2.00 e. The SMILES string of the molecule is CCCCCCCC/C=C\CCCCCCCC(=O)NCCS(=O)(=O)O.CCCCCCCC/C=C\CCCCCCCC([O-])=NCCS(=O)(=O)[O-].[Ca+2]. The molecule has 0 aliphatic rings. The summed E-state index contributed by atoms with van der Waals surface area (Å²) in [5, 5.41) is 13.9. The molecule has 10 nitrogen and oxygen atoms in total. The summed E-state index contributed by atoms with van der Waals surface area (Å²) in [6.45, 7) is 4.25. The van der Waals surface area contributed by atoms with Gasteiger partial charge in [-0.05, 0) is 76.5 Å². The Balaban J connectivity index is -0.000000926. The van der Waals surface area contributed by atoms with Gasteiger partial charge in [-0.2, -0.15) is 8.42 Å². The molecule has 2 N–H and O–H groups in total. The normalized spacial score (nSPS) is 12.2. The molecule has 0 radical (unpaired) electrons. The molecule has 0 aromatic carbocycles. The molecule has 0 rings (SSSR count). The van der Waals surface area contributed by atoms with Crippen LogP contribution in [0.25, 0.3) is 0 Å². The summed E-state index contributed by atoms with van der Waals surface area (Å²) < 4.78 is 60.8. The largest absolute Gasteiger partial charge is 2.00 e. The Kier molecular flexibility index (Phi) is 45.7. The molecule has 0 aliphatic heterocycles. The second-order valence-corrected chi connectivity index (χ2v) is 16.9. The van der Waals surface area contributed by atoms with Gasteiger partial charge in [0.15, 0.2) is 0 Å². The van der Waals surface area contributed by atoms with Gasteiger partial charge in [-0.25, -0.2) is 8.42 Å². The van der Waals surface area contributed by atoms with Gasteiger partial charge in [0.05, 0.1) is 28.2 Å². The van der Waals surface area contributed by atoms with Gasteiger partial charge in [0.25, 0.3) is 10.1 Å². The predicted molar refractivity (Wildman–Crippen MR) is 221 cm³/mol. The molecule has 0 heterocycles. The monoisotopic (exact) mass is 816 g/mol. The van der Waals surface area contributed by atoms with Crippen molar-refractivity contribution in [3.8, 4) is 0 Å². The molecule has 0 aromatic rings. The van der Waals surface area contributed by atoms with Gasteiger partial charge >= 0.3 is 37.7 Å². The Morgan fingerprint density at radius 1 is 0.585 bits per heavy atom. The Hall–Kier alpha value is -0.500. The standard InChI is InChI=1S/2C20H39NO4S.Ca/c2*1-2-3-4-5-6-7-8-9-10-11-12-13-14-15-16-17-20(22)21-18-19-26(23,24)25;/h2*9-10H,2-8,11-19H2,1H3,(H,21,22)(H,23,24,25);/q;;+2/p-2/b2*10-9-;. The number of unbranched alkanes of at least 4 members (excludes halogenated alkanes) is 22. The summed E-state index contributed by atoms with van der Waals surface area (Å²) in [6.07, 6.45) is 41.4. The van der Waals surface area contributed by atoms with E-state index in [1.807, 2.05) is 0 Å². The number of nitrogens with one attached hydrogen (secondary N) is 1. The van der Waals surface area contributed by atoms with Crippen molar-refractivity contribution in [2.45, 2.75) is 194 Å². The second kappa shape index (κ2) is 42.6. The van der Waals surface area contributed by atoms with Gasteiger partial charge in [-0.15, -0.1) is 0 Å². The topological polar surface area (TPSA) is 176 Å². The minimum Gasteiger partial charge on any atom is -0.862 e. The fourth-order valence-electron chi connectivity index (χ4n) is 5.47. The van der Waals surface area contributed by atoms with E-state index in [2.05, 4.69) is 48.5 Å². The van der Waals surface area contributed by atoms with Crippen LogP contribution >= 0.6 is 0 Å². The van der Waals surface area contributed by atoms with E-state index in [0.717, 1.165) is 51.4 Å². The summed E-state index contributed by atoms with van der Waals surface area (Å²) >= 11 is 0. The fourth-order valence-corrected chi connectivity index (χ4v) is 6.15. The third kappa shape index (κ3) is 55.9. The van der Waals surface area contributed by atoms with E-state index >= 15 is 0 Å². The zero-order chi connectivity index (χ0) is 39.0. The first-order valence-corrected chi connectivity index (χ1v) is 23.8. The molecule has 0 bridgehead atoms. The van der Waals surface area contributed by atoms with Gasteiger partial charge < -0.3 is 20.0 Å². The van der Waals surface area contributed by atoms with Gasteiger partial charge in [-0.3, -0.25) is 9.35 Å².